The van der Waals surface area contributed by atoms with Gasteiger partial charge in [-0.25, -0.2) is 36.5 Å². The van der Waals surface area contributed by atoms with Crippen LogP contribution in [-0.2, 0) is 49.6 Å². The molecule has 1 N–H and O–H groups in total. The maximum absolute atomic E-state index is 12.8. The minimum atomic E-state index is -3.63. The Bertz CT molecular complexity index is 3580. The van der Waals surface area contributed by atoms with Crippen LogP contribution in [0, 0.1) is 38.9 Å². The zero-order valence-electron chi connectivity index (χ0n) is 52.2. The average molecular weight is 1620 g/mol. The SMILES string of the molecule is CC(C)(C)CI.CC1(C)OB(c2ccccc2C#N)OC1(C)C.CN1c2nc(-c3ccccc3C#N)ccc2N(CC(C)(C)C)S1(=O)=O.CN1c2nc(Cl)ccc2N(CC(C)(C)C)S1(=O)=O.CN1c2nc(Cl)ccc2NS1(=O)=O.O=CO[O-].[Cs+].[Cs+].[H-]. The normalized spacial score (nSPS) is 16.6. The average Bonchev–Trinajstić information content (AvgIpc) is 1.68. The van der Waals surface area contributed by atoms with E-state index in [1.807, 2.05) is 99.6 Å². The first-order valence-corrected chi connectivity index (χ1v) is 31.9. The third-order valence-electron chi connectivity index (χ3n) is 12.4. The van der Waals surface area contributed by atoms with Gasteiger partial charge in [-0.15, -0.1) is 0 Å². The Morgan fingerprint density at radius 3 is 1.49 bits per heavy atom. The molecule has 0 aliphatic carbocycles. The first-order valence-electron chi connectivity index (χ1n) is 25.4. The van der Waals surface area contributed by atoms with E-state index in [9.17, 15) is 30.5 Å². The Morgan fingerprint density at radius 2 is 1.06 bits per heavy atom. The quantitative estimate of drug-likeness (QED) is 0.0503. The van der Waals surface area contributed by atoms with E-state index < -0.39 is 37.7 Å². The van der Waals surface area contributed by atoms with Gasteiger partial charge in [0.25, 0.3) is 6.47 Å². The molecule has 4 aliphatic heterocycles. The van der Waals surface area contributed by atoms with Crippen molar-refractivity contribution < 1.29 is 189 Å². The molecule has 0 radical (unpaired) electrons. The van der Waals surface area contributed by atoms with Crippen LogP contribution < -0.4 is 175 Å². The Hall–Kier alpha value is -1.65. The van der Waals surface area contributed by atoms with Gasteiger partial charge in [-0.05, 0) is 92.5 Å². The van der Waals surface area contributed by atoms with Crippen LogP contribution in [0.15, 0.2) is 84.9 Å². The molecular formula is C54H71BCl2Cs2IN11O11S3. The Morgan fingerprint density at radius 1 is 0.659 bits per heavy atom. The van der Waals surface area contributed by atoms with Crippen molar-refractivity contribution >= 4 is 130 Å². The number of carbonyl (C=O) groups is 1. The summed E-state index contributed by atoms with van der Waals surface area (Å²) in [5, 5.41) is 27.3. The molecule has 7 heterocycles. The summed E-state index contributed by atoms with van der Waals surface area (Å²) in [5.74, 6) is 1.09. The molecule has 0 bridgehead atoms. The number of hydrogen-bond acceptors (Lipinski definition) is 16. The number of benzene rings is 2. The van der Waals surface area contributed by atoms with Gasteiger partial charge < -0.3 is 20.9 Å². The summed E-state index contributed by atoms with van der Waals surface area (Å²) < 4.78 is 94.3. The van der Waals surface area contributed by atoms with Crippen LogP contribution in [-0.4, -0.2) is 104 Å². The van der Waals surface area contributed by atoms with Crippen LogP contribution in [0.3, 0.4) is 0 Å². The monoisotopic (exact) mass is 1620 g/mol. The van der Waals surface area contributed by atoms with Crippen LogP contribution in [0.2, 0.25) is 10.3 Å². The molecule has 9 rings (SSSR count). The van der Waals surface area contributed by atoms with Gasteiger partial charge in [-0.1, -0.05) is 145 Å². The van der Waals surface area contributed by atoms with Crippen LogP contribution in [0.5, 0.6) is 0 Å². The van der Waals surface area contributed by atoms with Gasteiger partial charge in [0.05, 0.1) is 57.2 Å². The number of carbonyl (C=O) groups excluding carboxylic acids is 1. The van der Waals surface area contributed by atoms with Gasteiger partial charge in [-0.2, -0.15) is 35.8 Å². The van der Waals surface area contributed by atoms with Gasteiger partial charge in [0, 0.05) is 49.7 Å². The second-order valence-electron chi connectivity index (χ2n) is 23.5. The van der Waals surface area contributed by atoms with Gasteiger partial charge in [0.15, 0.2) is 17.5 Å². The van der Waals surface area contributed by atoms with Crippen molar-refractivity contribution in [3.05, 3.63) is 106 Å². The fraction of sp³-hybridized carbons (Fsp3) is 0.444. The largest absolute Gasteiger partial charge is 1.00 e. The molecule has 0 amide bonds. The topological polar surface area (TPSA) is 285 Å². The maximum Gasteiger partial charge on any atom is 1.00 e. The summed E-state index contributed by atoms with van der Waals surface area (Å²) >= 11 is 13.8. The number of anilines is 6. The molecule has 0 saturated carbocycles. The van der Waals surface area contributed by atoms with E-state index in [2.05, 4.69) is 80.1 Å². The summed E-state index contributed by atoms with van der Waals surface area (Å²) in [6.45, 7) is 27.2. The van der Waals surface area contributed by atoms with E-state index >= 15 is 0 Å². The fourth-order valence-electron chi connectivity index (χ4n) is 7.46. The molecule has 2 aromatic carbocycles. The smallest absolute Gasteiger partial charge is 1.00 e. The van der Waals surface area contributed by atoms with Crippen LogP contribution >= 0.6 is 45.8 Å². The van der Waals surface area contributed by atoms with Crippen LogP contribution in [0.4, 0.5) is 34.5 Å². The fourth-order valence-corrected chi connectivity index (χ4v) is 11.9. The number of hydrogen-bond donors (Lipinski definition) is 1. The number of nitriles is 2. The molecule has 4 aliphatic rings. The zero-order chi connectivity index (χ0) is 63.1. The Balaban J connectivity index is 0.000000548. The standard InChI is InChI=1S/C18H20N4O2S.C13H16BNO2.C11H16ClN3O2S.C6H6ClN3O2S.C5H11I.CH2O3.2Cs.H/c1-18(2,3)12-22-16-10-9-15(14-8-6-5-7-13(14)11-19)20-17(16)21(4)25(22,23)24;1-12(2)13(3,4)17-14(16-12)11-8-6-5-7-10(11)9-15;1-11(2,3)7-15-8-5-6-9(12)13-10(8)14(4)18(15,16)17;1-10-6-4(9-13(10,11)12)2-3-5(7)8-6;1-5(2,3)4-6;2-1-4-3;;;/h5-10H,12H2,1-4H3;5-8H,1-4H3;5-6H,7H2,1-4H3;2-3,9H,1H3;4H2,1-3H3;1,3H;;;/q;;;;;;2*+1;-1/p-1. The molecule has 22 nitrogen and oxygen atoms in total. The number of nitrogens with zero attached hydrogens (tertiary/aromatic N) is 10. The minimum Gasteiger partial charge on any atom is -1.00 e. The molecule has 5 aromatic rings. The Kier molecular flexibility index (Phi) is 30.0. The van der Waals surface area contributed by atoms with Crippen molar-refractivity contribution in [2.45, 2.75) is 101 Å². The molecule has 1 saturated heterocycles. The number of pyridine rings is 3. The molecule has 0 atom stereocenters. The summed E-state index contributed by atoms with van der Waals surface area (Å²) in [6.07, 6.45) is 0. The molecule has 31 heteroatoms. The maximum atomic E-state index is 12.8. The van der Waals surface area contributed by atoms with Crippen molar-refractivity contribution in [1.82, 2.24) is 15.0 Å². The number of halogens is 3. The van der Waals surface area contributed by atoms with E-state index in [-0.39, 0.29) is 178 Å². The predicted octanol–water partition coefficient (Wildman–Crippen LogP) is 3.17. The van der Waals surface area contributed by atoms with Crippen molar-refractivity contribution in [2.75, 3.05) is 64.9 Å². The van der Waals surface area contributed by atoms with Gasteiger partial charge in [-0.3, -0.25) is 9.52 Å². The zero-order valence-corrected chi connectivity index (χ0v) is 69.9. The second-order valence-corrected chi connectivity index (χ2v) is 30.5. The van der Waals surface area contributed by atoms with Crippen molar-refractivity contribution in [1.29, 1.82) is 10.5 Å². The number of rotatable bonds is 5. The van der Waals surface area contributed by atoms with E-state index in [0.717, 1.165) is 9.77 Å². The van der Waals surface area contributed by atoms with Gasteiger partial charge in [0.1, 0.15) is 10.3 Å². The molecule has 452 valence electrons. The van der Waals surface area contributed by atoms with Crippen molar-refractivity contribution in [3.8, 4) is 23.4 Å². The first kappa shape index (κ1) is 79.4. The number of nitrogens with one attached hydrogen (secondary N) is 1. The van der Waals surface area contributed by atoms with E-state index in [1.165, 1.54) is 48.9 Å². The first-order chi connectivity index (χ1) is 38.1. The van der Waals surface area contributed by atoms with Crippen molar-refractivity contribution in [2.24, 2.45) is 16.2 Å². The van der Waals surface area contributed by atoms with E-state index in [4.69, 9.17) is 47.8 Å². The summed E-state index contributed by atoms with van der Waals surface area (Å²) in [6, 6.07) is 28.8. The molecule has 0 unspecified atom stereocenters. The van der Waals surface area contributed by atoms with Gasteiger partial charge >= 0.3 is 176 Å². The molecular weight excluding hydrogens is 1550 g/mol. The molecule has 85 heavy (non-hydrogen) atoms. The molecule has 3 aromatic heterocycles. The third-order valence-corrected chi connectivity index (χ3v) is 20.0. The van der Waals surface area contributed by atoms with Gasteiger partial charge in [0.2, 0.25) is 0 Å². The molecule has 1 fully saturated rings. The summed E-state index contributed by atoms with van der Waals surface area (Å²) in [5.41, 5.74) is 4.21. The summed E-state index contributed by atoms with van der Waals surface area (Å²) in [4.78, 5) is 23.8. The van der Waals surface area contributed by atoms with Crippen molar-refractivity contribution in [3.63, 3.8) is 0 Å². The van der Waals surface area contributed by atoms with E-state index in [0.29, 0.717) is 75.4 Å². The van der Waals surface area contributed by atoms with E-state index in [1.54, 1.807) is 48.5 Å². The predicted molar refractivity (Wildman–Crippen MR) is 336 cm³/mol. The third kappa shape index (κ3) is 20.9. The number of fused-ring (bicyclic) bond motifs is 3. The molecule has 0 spiro atoms. The summed E-state index contributed by atoms with van der Waals surface area (Å²) in [7, 11) is -6.66. The number of aromatic nitrogens is 3. The van der Waals surface area contributed by atoms with Crippen LogP contribution in [0.25, 0.3) is 11.3 Å². The Labute approximate surface area is 645 Å². The number of alkyl halides is 1. The minimum absolute atomic E-state index is 0. The second kappa shape index (κ2) is 32.1. The van der Waals surface area contributed by atoms with Crippen LogP contribution in [0.1, 0.15) is 103 Å².